The number of aliphatic hydroxyl groups excluding tert-OH is 2. The molecule has 0 radical (unpaired) electrons. The summed E-state index contributed by atoms with van der Waals surface area (Å²) in [5.41, 5.74) is 0. The molecule has 3 N–H and O–H groups in total. The predicted octanol–water partition coefficient (Wildman–Crippen LogP) is -0.629. The third-order valence-corrected chi connectivity index (χ3v) is 2.48. The van der Waals surface area contributed by atoms with Gasteiger partial charge in [-0.2, -0.15) is 0 Å². The molecule has 0 amide bonds. The third-order valence-electron chi connectivity index (χ3n) is 2.48. The van der Waals surface area contributed by atoms with E-state index in [4.69, 9.17) is 9.47 Å². The van der Waals surface area contributed by atoms with Gasteiger partial charge < -0.3 is 25.0 Å². The fraction of sp³-hybridized carbons (Fsp3) is 1.00. The van der Waals surface area contributed by atoms with E-state index in [2.05, 4.69) is 5.32 Å². The third kappa shape index (κ3) is 7.14. The molecule has 5 nitrogen and oxygen atoms in total. The minimum atomic E-state index is -0.524. The van der Waals surface area contributed by atoms with Gasteiger partial charge in [-0.25, -0.2) is 0 Å². The highest BCUT2D eigenvalue weighted by atomic mass is 16.5. The Kier molecular flexibility index (Phi) is 6.91. The van der Waals surface area contributed by atoms with Crippen LogP contribution >= 0.6 is 0 Å². The minimum Gasteiger partial charge on any atom is -0.389 e. The van der Waals surface area contributed by atoms with Crippen molar-refractivity contribution in [1.29, 1.82) is 0 Å². The van der Waals surface area contributed by atoms with Crippen LogP contribution in [0.2, 0.25) is 0 Å². The van der Waals surface area contributed by atoms with Crippen molar-refractivity contribution in [1.82, 2.24) is 5.32 Å². The van der Waals surface area contributed by atoms with Crippen LogP contribution in [0.25, 0.3) is 0 Å². The van der Waals surface area contributed by atoms with Crippen molar-refractivity contribution >= 4 is 0 Å². The van der Waals surface area contributed by atoms with E-state index in [0.29, 0.717) is 26.3 Å². The first-order chi connectivity index (χ1) is 7.72. The Balaban J connectivity index is 1.86. The summed E-state index contributed by atoms with van der Waals surface area (Å²) in [6.07, 6.45) is 1.49. The van der Waals surface area contributed by atoms with Crippen molar-refractivity contribution in [2.45, 2.75) is 25.0 Å². The Morgan fingerprint density at radius 1 is 1.19 bits per heavy atom. The number of hydrogen-bond donors (Lipinski definition) is 3. The molecule has 2 unspecified atom stereocenters. The van der Waals surface area contributed by atoms with E-state index >= 15 is 0 Å². The highest BCUT2D eigenvalue weighted by Crippen LogP contribution is 2.28. The molecular formula is C11H23NO4. The van der Waals surface area contributed by atoms with Gasteiger partial charge in [-0.3, -0.25) is 0 Å². The zero-order valence-corrected chi connectivity index (χ0v) is 9.89. The molecule has 16 heavy (non-hydrogen) atoms. The number of aliphatic hydroxyl groups is 2. The second kappa shape index (κ2) is 7.97. The van der Waals surface area contributed by atoms with Crippen molar-refractivity contribution in [3.8, 4) is 0 Å². The average Bonchev–Trinajstić information content (AvgIpc) is 3.02. The van der Waals surface area contributed by atoms with E-state index in [-0.39, 0.29) is 0 Å². The molecule has 0 bridgehead atoms. The number of nitrogens with one attached hydrogen (secondary N) is 1. The lowest BCUT2D eigenvalue weighted by atomic mass is 10.3. The van der Waals surface area contributed by atoms with E-state index < -0.39 is 12.2 Å². The Labute approximate surface area is 96.7 Å². The van der Waals surface area contributed by atoms with Crippen LogP contribution in [0.3, 0.4) is 0 Å². The summed E-state index contributed by atoms with van der Waals surface area (Å²) in [7, 11) is 1.55. The first-order valence-corrected chi connectivity index (χ1v) is 5.86. The van der Waals surface area contributed by atoms with E-state index in [0.717, 1.165) is 12.5 Å². The predicted molar refractivity (Wildman–Crippen MR) is 60.3 cm³/mol. The maximum atomic E-state index is 9.52. The minimum absolute atomic E-state index is 0.307. The summed E-state index contributed by atoms with van der Waals surface area (Å²) in [4.78, 5) is 0. The molecule has 0 aliphatic heterocycles. The Morgan fingerprint density at radius 2 is 1.81 bits per heavy atom. The number of rotatable bonds is 10. The van der Waals surface area contributed by atoms with Gasteiger partial charge in [-0.15, -0.1) is 0 Å². The number of hydrogen-bond acceptors (Lipinski definition) is 5. The maximum absolute atomic E-state index is 9.52. The molecule has 96 valence electrons. The fourth-order valence-electron chi connectivity index (χ4n) is 1.38. The standard InChI is InChI=1S/C11H23NO4/c1-15-7-10(13)4-12-5-11(14)8-16-6-9-2-3-9/h9-14H,2-8H2,1H3. The first-order valence-electron chi connectivity index (χ1n) is 5.86. The molecule has 2 atom stereocenters. The molecule has 0 spiro atoms. The van der Waals surface area contributed by atoms with Crippen LogP contribution in [0.15, 0.2) is 0 Å². The lowest BCUT2D eigenvalue weighted by molar-refractivity contribution is 0.0274. The molecular weight excluding hydrogens is 210 g/mol. The SMILES string of the molecule is COCC(O)CNCC(O)COCC1CC1. The van der Waals surface area contributed by atoms with Crippen LogP contribution in [0.5, 0.6) is 0 Å². The smallest absolute Gasteiger partial charge is 0.0897 e. The second-order valence-corrected chi connectivity index (χ2v) is 4.40. The van der Waals surface area contributed by atoms with Crippen molar-refractivity contribution in [2.75, 3.05) is 40.0 Å². The quantitative estimate of drug-likeness (QED) is 0.469. The van der Waals surface area contributed by atoms with Gasteiger partial charge in [0.2, 0.25) is 0 Å². The Bertz CT molecular complexity index is 175. The maximum Gasteiger partial charge on any atom is 0.0897 e. The number of methoxy groups -OCH3 is 1. The van der Waals surface area contributed by atoms with Gasteiger partial charge in [0.1, 0.15) is 0 Å². The van der Waals surface area contributed by atoms with E-state index in [1.165, 1.54) is 12.8 Å². The molecule has 1 saturated carbocycles. The van der Waals surface area contributed by atoms with Crippen molar-refractivity contribution in [2.24, 2.45) is 5.92 Å². The summed E-state index contributed by atoms with van der Waals surface area (Å²) >= 11 is 0. The molecule has 0 aromatic heterocycles. The summed E-state index contributed by atoms with van der Waals surface area (Å²) in [5, 5.41) is 21.8. The second-order valence-electron chi connectivity index (χ2n) is 4.40. The van der Waals surface area contributed by atoms with Gasteiger partial charge in [0.15, 0.2) is 0 Å². The van der Waals surface area contributed by atoms with E-state index in [1.54, 1.807) is 7.11 Å². The molecule has 1 aliphatic rings. The van der Waals surface area contributed by atoms with Gasteiger partial charge in [0.25, 0.3) is 0 Å². The zero-order valence-electron chi connectivity index (χ0n) is 9.89. The molecule has 1 rings (SSSR count). The number of ether oxygens (including phenoxy) is 2. The first kappa shape index (κ1) is 13.9. The topological polar surface area (TPSA) is 71.0 Å². The molecule has 1 fully saturated rings. The van der Waals surface area contributed by atoms with Crippen LogP contribution < -0.4 is 5.32 Å². The molecule has 5 heteroatoms. The van der Waals surface area contributed by atoms with Gasteiger partial charge >= 0.3 is 0 Å². The van der Waals surface area contributed by atoms with Crippen molar-refractivity contribution in [3.05, 3.63) is 0 Å². The van der Waals surface area contributed by atoms with Crippen molar-refractivity contribution in [3.63, 3.8) is 0 Å². The van der Waals surface area contributed by atoms with Gasteiger partial charge in [-0.05, 0) is 18.8 Å². The highest BCUT2D eigenvalue weighted by Gasteiger charge is 2.21. The molecule has 0 aromatic carbocycles. The van der Waals surface area contributed by atoms with Crippen LogP contribution in [-0.4, -0.2) is 62.4 Å². The van der Waals surface area contributed by atoms with E-state index in [9.17, 15) is 10.2 Å². The van der Waals surface area contributed by atoms with Crippen LogP contribution in [0.1, 0.15) is 12.8 Å². The van der Waals surface area contributed by atoms with Crippen LogP contribution in [0, 0.1) is 5.92 Å². The van der Waals surface area contributed by atoms with E-state index in [1.807, 2.05) is 0 Å². The highest BCUT2D eigenvalue weighted by molar-refractivity contribution is 4.72. The van der Waals surface area contributed by atoms with Gasteiger partial charge in [0, 0.05) is 26.8 Å². The molecule has 0 saturated heterocycles. The van der Waals surface area contributed by atoms with Crippen LogP contribution in [0.4, 0.5) is 0 Å². The summed E-state index contributed by atoms with van der Waals surface area (Å²) in [6.45, 7) is 2.30. The largest absolute Gasteiger partial charge is 0.389 e. The monoisotopic (exact) mass is 233 g/mol. The molecule has 0 aromatic rings. The Hall–Kier alpha value is -0.200. The average molecular weight is 233 g/mol. The summed E-state index contributed by atoms with van der Waals surface area (Å²) < 4.78 is 10.1. The normalized spacial score (nSPS) is 19.7. The molecule has 1 aliphatic carbocycles. The van der Waals surface area contributed by atoms with Gasteiger partial charge in [-0.1, -0.05) is 0 Å². The lowest BCUT2D eigenvalue weighted by Gasteiger charge is -2.14. The molecule has 0 heterocycles. The fourth-order valence-corrected chi connectivity index (χ4v) is 1.38. The van der Waals surface area contributed by atoms with Crippen molar-refractivity contribution < 1.29 is 19.7 Å². The summed E-state index contributed by atoms with van der Waals surface area (Å²) in [6, 6.07) is 0. The lowest BCUT2D eigenvalue weighted by Crippen LogP contribution is -2.36. The van der Waals surface area contributed by atoms with Crippen LogP contribution in [-0.2, 0) is 9.47 Å². The summed E-state index contributed by atoms with van der Waals surface area (Å²) in [5.74, 6) is 0.726. The van der Waals surface area contributed by atoms with Gasteiger partial charge in [0.05, 0.1) is 25.4 Å². The Morgan fingerprint density at radius 3 is 2.38 bits per heavy atom. The zero-order chi connectivity index (χ0) is 11.8.